The average molecular weight is 534 g/mol. The lowest BCUT2D eigenvalue weighted by molar-refractivity contribution is -0.123. The van der Waals surface area contributed by atoms with Crippen LogP contribution in [0.2, 0.25) is 0 Å². The highest BCUT2D eigenvalue weighted by Crippen LogP contribution is 2.77. The van der Waals surface area contributed by atoms with Gasteiger partial charge in [-0.15, -0.1) is 23.2 Å². The molecular formula is C22H11Cl6NO2. The summed E-state index contributed by atoms with van der Waals surface area (Å²) < 4.78 is -1.93. The SMILES string of the molecule is O=C1C2C(C(=O)N1c1ccc3c(c1)Cc1ccccc1-3)C1(Cl)C(Cl)=C(Cl)C2(Cl)C1(Cl)Cl. The van der Waals surface area contributed by atoms with Gasteiger partial charge in [0.1, 0.15) is 9.75 Å². The van der Waals surface area contributed by atoms with Crippen LogP contribution in [0.1, 0.15) is 11.1 Å². The Bertz CT molecular complexity index is 1230. The summed E-state index contributed by atoms with van der Waals surface area (Å²) in [4.78, 5) is 24.5. The van der Waals surface area contributed by atoms with Crippen molar-refractivity contribution >= 4 is 87.1 Å². The molecule has 2 amide bonds. The van der Waals surface area contributed by atoms with Crippen molar-refractivity contribution in [3.05, 3.63) is 63.7 Å². The molecule has 158 valence electrons. The lowest BCUT2D eigenvalue weighted by Crippen LogP contribution is -2.50. The smallest absolute Gasteiger partial charge is 0.240 e. The standard InChI is InChI=1S/C22H11Cl6NO2/c23-16-17(24)21(26)15-14(20(16,25)22(21,27)28)18(30)29(19(15)31)11-5-6-13-10(8-11)7-9-3-1-2-4-12(9)13/h1-6,8,14-15H,7H2. The number of allylic oxidation sites excluding steroid dienone is 2. The van der Waals surface area contributed by atoms with Gasteiger partial charge in [0.05, 0.1) is 27.6 Å². The maximum Gasteiger partial charge on any atom is 0.240 e. The lowest BCUT2D eigenvalue weighted by Gasteiger charge is -2.34. The Kier molecular flexibility index (Phi) is 4.09. The highest BCUT2D eigenvalue weighted by Gasteiger charge is 2.87. The van der Waals surface area contributed by atoms with E-state index in [1.54, 1.807) is 6.07 Å². The van der Waals surface area contributed by atoms with E-state index >= 15 is 0 Å². The summed E-state index contributed by atoms with van der Waals surface area (Å²) >= 11 is 39.3. The Balaban J connectivity index is 1.46. The second-order valence-corrected chi connectivity index (χ2v) is 11.5. The second kappa shape index (κ2) is 6.14. The molecule has 0 aromatic heterocycles. The number of benzene rings is 2. The molecule has 2 aromatic rings. The molecule has 2 aromatic carbocycles. The van der Waals surface area contributed by atoms with Crippen molar-refractivity contribution in [1.82, 2.24) is 0 Å². The highest BCUT2D eigenvalue weighted by molar-refractivity contribution is 6.67. The van der Waals surface area contributed by atoms with Gasteiger partial charge in [-0.1, -0.05) is 76.7 Å². The molecule has 4 aliphatic rings. The monoisotopic (exact) mass is 531 g/mol. The van der Waals surface area contributed by atoms with Gasteiger partial charge in [0, 0.05) is 0 Å². The molecule has 4 unspecified atom stereocenters. The van der Waals surface area contributed by atoms with E-state index in [-0.39, 0.29) is 10.1 Å². The fourth-order valence-electron chi connectivity index (χ4n) is 5.52. The first-order chi connectivity index (χ1) is 14.6. The largest absolute Gasteiger partial charge is 0.274 e. The van der Waals surface area contributed by atoms with Gasteiger partial charge < -0.3 is 0 Å². The van der Waals surface area contributed by atoms with Crippen LogP contribution in [0.3, 0.4) is 0 Å². The third-order valence-electron chi connectivity index (χ3n) is 6.94. The number of amides is 2. The highest BCUT2D eigenvalue weighted by atomic mass is 35.5. The summed E-state index contributed by atoms with van der Waals surface area (Å²) in [6.07, 6.45) is 0.715. The summed E-state index contributed by atoms with van der Waals surface area (Å²) in [6, 6.07) is 13.6. The van der Waals surface area contributed by atoms with E-state index < -0.39 is 37.7 Å². The molecule has 1 heterocycles. The molecule has 2 bridgehead atoms. The first kappa shape index (κ1) is 20.7. The summed E-state index contributed by atoms with van der Waals surface area (Å²) in [6.45, 7) is 0. The fourth-order valence-corrected chi connectivity index (χ4v) is 8.45. The number of hydrogen-bond donors (Lipinski definition) is 0. The van der Waals surface area contributed by atoms with Crippen LogP contribution in [0.15, 0.2) is 52.5 Å². The molecule has 6 rings (SSSR count). The molecule has 0 spiro atoms. The molecule has 3 nitrogen and oxygen atoms in total. The molecule has 3 aliphatic carbocycles. The van der Waals surface area contributed by atoms with E-state index in [1.165, 1.54) is 5.56 Å². The first-order valence-corrected chi connectivity index (χ1v) is 11.7. The van der Waals surface area contributed by atoms with Crippen molar-refractivity contribution in [2.75, 3.05) is 4.90 Å². The Morgan fingerprint density at radius 1 is 0.774 bits per heavy atom. The first-order valence-electron chi connectivity index (χ1n) is 9.47. The molecule has 4 atom stereocenters. The Morgan fingerprint density at radius 2 is 1.32 bits per heavy atom. The molecule has 31 heavy (non-hydrogen) atoms. The second-order valence-electron chi connectivity index (χ2n) is 8.27. The number of fused-ring (bicyclic) bond motifs is 8. The van der Waals surface area contributed by atoms with Crippen molar-refractivity contribution < 1.29 is 9.59 Å². The van der Waals surface area contributed by atoms with E-state index in [0.717, 1.165) is 21.6 Å². The normalized spacial score (nSPS) is 34.5. The predicted octanol–water partition coefficient (Wildman–Crippen LogP) is 6.21. The van der Waals surface area contributed by atoms with E-state index in [2.05, 4.69) is 12.1 Å². The maximum atomic E-state index is 13.5. The summed E-state index contributed by atoms with van der Waals surface area (Å²) in [5.41, 5.74) is 4.89. The molecule has 0 N–H and O–H groups in total. The van der Waals surface area contributed by atoms with Gasteiger partial charge in [0.25, 0.3) is 0 Å². The third kappa shape index (κ3) is 2.08. The van der Waals surface area contributed by atoms with Crippen LogP contribution in [-0.4, -0.2) is 25.9 Å². The van der Waals surface area contributed by atoms with Crippen molar-refractivity contribution in [1.29, 1.82) is 0 Å². The van der Waals surface area contributed by atoms with Crippen LogP contribution in [-0.2, 0) is 16.0 Å². The minimum Gasteiger partial charge on any atom is -0.274 e. The summed E-state index contributed by atoms with van der Waals surface area (Å²) in [5, 5.41) is -0.186. The Morgan fingerprint density at radius 3 is 1.94 bits per heavy atom. The van der Waals surface area contributed by atoms with Crippen LogP contribution >= 0.6 is 69.6 Å². The van der Waals surface area contributed by atoms with Crippen LogP contribution in [0.25, 0.3) is 11.1 Å². The zero-order valence-corrected chi connectivity index (χ0v) is 20.0. The number of alkyl halides is 4. The molecule has 1 saturated carbocycles. The Hall–Kier alpha value is -0.940. The number of carbonyl (C=O) groups excluding carboxylic acids is 2. The Labute approximate surface area is 207 Å². The molecule has 2 fully saturated rings. The van der Waals surface area contributed by atoms with Gasteiger partial charge >= 0.3 is 0 Å². The molecule has 0 radical (unpaired) electrons. The van der Waals surface area contributed by atoms with Crippen molar-refractivity contribution in [2.45, 2.75) is 20.5 Å². The van der Waals surface area contributed by atoms with E-state index in [9.17, 15) is 9.59 Å². The van der Waals surface area contributed by atoms with Crippen LogP contribution in [0.5, 0.6) is 0 Å². The zero-order chi connectivity index (χ0) is 22.1. The molecular weight excluding hydrogens is 523 g/mol. The number of hydrogen-bond acceptors (Lipinski definition) is 2. The summed E-state index contributed by atoms with van der Waals surface area (Å²) in [7, 11) is 0. The van der Waals surface area contributed by atoms with Gasteiger partial charge in [-0.25, -0.2) is 4.90 Å². The van der Waals surface area contributed by atoms with Gasteiger partial charge in [0.2, 0.25) is 11.8 Å². The summed E-state index contributed by atoms with van der Waals surface area (Å²) in [5.74, 6) is -3.35. The van der Waals surface area contributed by atoms with Crippen LogP contribution in [0.4, 0.5) is 5.69 Å². The predicted molar refractivity (Wildman–Crippen MR) is 124 cm³/mol. The van der Waals surface area contributed by atoms with Gasteiger partial charge in [0.15, 0.2) is 4.33 Å². The van der Waals surface area contributed by atoms with Gasteiger partial charge in [-0.3, -0.25) is 9.59 Å². The number of anilines is 1. The molecule has 1 saturated heterocycles. The zero-order valence-electron chi connectivity index (χ0n) is 15.4. The number of rotatable bonds is 1. The van der Waals surface area contributed by atoms with Crippen molar-refractivity contribution in [3.8, 4) is 11.1 Å². The topological polar surface area (TPSA) is 37.4 Å². The number of nitrogens with zero attached hydrogens (tertiary/aromatic N) is 1. The molecule has 1 aliphatic heterocycles. The number of halogens is 6. The lowest BCUT2D eigenvalue weighted by atomic mass is 9.84. The average Bonchev–Trinajstić information content (AvgIpc) is 3.31. The van der Waals surface area contributed by atoms with Crippen LogP contribution < -0.4 is 4.90 Å². The number of carbonyl (C=O) groups is 2. The molecule has 9 heteroatoms. The van der Waals surface area contributed by atoms with Crippen molar-refractivity contribution in [2.24, 2.45) is 11.8 Å². The van der Waals surface area contributed by atoms with Crippen molar-refractivity contribution in [3.63, 3.8) is 0 Å². The van der Waals surface area contributed by atoms with E-state index in [4.69, 9.17) is 69.6 Å². The maximum absolute atomic E-state index is 13.5. The quantitative estimate of drug-likeness (QED) is 0.275. The van der Waals surface area contributed by atoms with Gasteiger partial charge in [-0.2, -0.15) is 0 Å². The number of imide groups is 1. The van der Waals surface area contributed by atoms with E-state index in [0.29, 0.717) is 12.1 Å². The third-order valence-corrected chi connectivity index (χ3v) is 11.2. The fraction of sp³-hybridized carbons (Fsp3) is 0.273. The van der Waals surface area contributed by atoms with Crippen LogP contribution in [0, 0.1) is 11.8 Å². The van der Waals surface area contributed by atoms with Gasteiger partial charge in [-0.05, 0) is 40.8 Å². The minimum atomic E-state index is -1.93. The minimum absolute atomic E-state index is 0.0931. The van der Waals surface area contributed by atoms with E-state index in [1.807, 2.05) is 24.3 Å².